The molecule has 0 aliphatic heterocycles. The maximum Gasteiger partial charge on any atom is 0.0645 e. The summed E-state index contributed by atoms with van der Waals surface area (Å²) in [6, 6.07) is 67.5. The van der Waals surface area contributed by atoms with Crippen LogP contribution in [0.25, 0.3) is 76.8 Å². The van der Waals surface area contributed by atoms with E-state index in [0.29, 0.717) is 5.56 Å². The topological polar surface area (TPSA) is 3.24 Å². The normalized spacial score (nSPS) is 12.3. The van der Waals surface area contributed by atoms with Gasteiger partial charge in [-0.1, -0.05) is 188 Å². The predicted octanol–water partition coefficient (Wildman–Crippen LogP) is 15.3. The highest BCUT2D eigenvalue weighted by atomic mass is 15.1. The van der Waals surface area contributed by atoms with Gasteiger partial charge in [-0.2, -0.15) is 0 Å². The molecule has 0 aliphatic carbocycles. The summed E-state index contributed by atoms with van der Waals surface area (Å²) in [6.07, 6.45) is 0. The SMILES string of the molecule is [2H]c1c([2H])c(N(c2ccc(-c3c(-c4ccccc4)ccc4ccccc34)cc2)c2ccc3ccccc3c2)c([2H])c([2H])c1-c1ccc(-c2cccc3ccccc23)cc1. The number of fused-ring (bicyclic) bond motifs is 3. The molecule has 0 atom stereocenters. The van der Waals surface area contributed by atoms with Crippen LogP contribution in [0.1, 0.15) is 5.48 Å². The Kier molecular flexibility index (Phi) is 7.19. The fraction of sp³-hybridized carbons (Fsp3) is 0. The summed E-state index contributed by atoms with van der Waals surface area (Å²) in [4.78, 5) is 1.87. The van der Waals surface area contributed by atoms with Crippen LogP contribution in [0, 0.1) is 0 Å². The van der Waals surface area contributed by atoms with Gasteiger partial charge in [0, 0.05) is 17.1 Å². The van der Waals surface area contributed by atoms with E-state index in [-0.39, 0.29) is 35.4 Å². The van der Waals surface area contributed by atoms with Gasteiger partial charge in [0.1, 0.15) is 0 Å². The number of hydrogen-bond donors (Lipinski definition) is 0. The quantitative estimate of drug-likeness (QED) is 0.160. The van der Waals surface area contributed by atoms with E-state index in [9.17, 15) is 5.48 Å². The van der Waals surface area contributed by atoms with E-state index in [1.54, 1.807) is 0 Å². The van der Waals surface area contributed by atoms with Gasteiger partial charge in [-0.05, 0) is 113 Å². The first-order chi connectivity index (χ1) is 28.9. The Hall–Kier alpha value is -7.22. The Morgan fingerprint density at radius 1 is 0.291 bits per heavy atom. The molecule has 0 aromatic heterocycles. The van der Waals surface area contributed by atoms with E-state index in [1.807, 2.05) is 102 Å². The van der Waals surface area contributed by atoms with Gasteiger partial charge < -0.3 is 4.90 Å². The van der Waals surface area contributed by atoms with Gasteiger partial charge in [-0.15, -0.1) is 0 Å². The molecule has 0 fully saturated rings. The first-order valence-corrected chi connectivity index (χ1v) is 18.6. The van der Waals surface area contributed by atoms with Crippen LogP contribution in [-0.4, -0.2) is 0 Å². The van der Waals surface area contributed by atoms with Crippen LogP contribution in [0.3, 0.4) is 0 Å². The Balaban J connectivity index is 1.11. The molecule has 10 aromatic rings. The van der Waals surface area contributed by atoms with Gasteiger partial charge in [0.05, 0.1) is 5.48 Å². The van der Waals surface area contributed by atoms with E-state index in [0.717, 1.165) is 77.1 Å². The van der Waals surface area contributed by atoms with Crippen molar-refractivity contribution < 1.29 is 5.48 Å². The zero-order valence-corrected chi connectivity index (χ0v) is 30.0. The summed E-state index contributed by atoms with van der Waals surface area (Å²) in [6.45, 7) is 0. The van der Waals surface area contributed by atoms with E-state index in [4.69, 9.17) is 0 Å². The highest BCUT2D eigenvalue weighted by Crippen LogP contribution is 2.42. The smallest absolute Gasteiger partial charge is 0.0645 e. The molecule has 0 N–H and O–H groups in total. The molecule has 1 heteroatoms. The van der Waals surface area contributed by atoms with E-state index >= 15 is 0 Å². The molecular weight excluding hydrogens is 663 g/mol. The second-order valence-electron chi connectivity index (χ2n) is 13.8. The molecule has 0 radical (unpaired) electrons. The van der Waals surface area contributed by atoms with Crippen LogP contribution in [0.15, 0.2) is 224 Å². The van der Waals surface area contributed by atoms with Gasteiger partial charge >= 0.3 is 0 Å². The fourth-order valence-corrected chi connectivity index (χ4v) is 7.80. The summed E-state index contributed by atoms with van der Waals surface area (Å²) >= 11 is 0. The molecule has 0 bridgehead atoms. The minimum absolute atomic E-state index is 0.0930. The third-order valence-electron chi connectivity index (χ3n) is 10.5. The molecule has 0 heterocycles. The highest BCUT2D eigenvalue weighted by Gasteiger charge is 2.16. The van der Waals surface area contributed by atoms with Crippen molar-refractivity contribution in [3.8, 4) is 44.5 Å². The standard InChI is InChI=1S/C54H37N/c1-2-12-42(13-3-1)53-36-30-43-15-7-9-19-52(43)54(53)45-28-33-48(34-29-45)55(49-35-27-38-11-4-5-16-46(38)37-49)47-31-25-40(26-32-47)39-21-23-44(24-22-39)51-20-10-17-41-14-6-8-18-50(41)51/h1-37H/i25D,26D,31D,32D. The van der Waals surface area contributed by atoms with Crippen LogP contribution in [0.5, 0.6) is 0 Å². The maximum absolute atomic E-state index is 9.54. The van der Waals surface area contributed by atoms with Crippen molar-refractivity contribution in [1.82, 2.24) is 0 Å². The maximum atomic E-state index is 9.54. The predicted molar refractivity (Wildman–Crippen MR) is 235 cm³/mol. The lowest BCUT2D eigenvalue weighted by Crippen LogP contribution is -2.09. The first-order valence-electron chi connectivity index (χ1n) is 20.6. The number of nitrogens with zero attached hydrogens (tertiary/aromatic N) is 1. The van der Waals surface area contributed by atoms with Gasteiger partial charge in [-0.25, -0.2) is 0 Å². The van der Waals surface area contributed by atoms with Crippen LogP contribution < -0.4 is 4.90 Å². The second kappa shape index (κ2) is 14.0. The van der Waals surface area contributed by atoms with Crippen molar-refractivity contribution in [3.63, 3.8) is 0 Å². The third-order valence-corrected chi connectivity index (χ3v) is 10.5. The largest absolute Gasteiger partial charge is 0.310 e. The molecule has 0 saturated carbocycles. The summed E-state index contributed by atoms with van der Waals surface area (Å²) in [5.41, 5.74) is 9.07. The van der Waals surface area contributed by atoms with Crippen molar-refractivity contribution in [2.24, 2.45) is 0 Å². The highest BCUT2D eigenvalue weighted by molar-refractivity contribution is 6.04. The zero-order chi connectivity index (χ0) is 40.0. The lowest BCUT2D eigenvalue weighted by Gasteiger charge is -2.26. The molecule has 0 amide bonds. The Labute approximate surface area is 327 Å². The molecule has 0 saturated heterocycles. The minimum atomic E-state index is -0.114. The summed E-state index contributed by atoms with van der Waals surface area (Å²) < 4.78 is 37.9. The van der Waals surface area contributed by atoms with Crippen molar-refractivity contribution in [3.05, 3.63) is 224 Å². The van der Waals surface area contributed by atoms with E-state index in [1.165, 1.54) is 0 Å². The molecule has 10 rings (SSSR count). The van der Waals surface area contributed by atoms with Gasteiger partial charge in [0.25, 0.3) is 0 Å². The van der Waals surface area contributed by atoms with Crippen molar-refractivity contribution in [2.45, 2.75) is 0 Å². The van der Waals surface area contributed by atoms with Gasteiger partial charge in [0.2, 0.25) is 0 Å². The summed E-state index contributed by atoms with van der Waals surface area (Å²) in [5.74, 6) is 0. The monoisotopic (exact) mass is 703 g/mol. The van der Waals surface area contributed by atoms with Crippen LogP contribution >= 0.6 is 0 Å². The molecular formula is C54H37N. The van der Waals surface area contributed by atoms with Gasteiger partial charge in [-0.3, -0.25) is 0 Å². The number of anilines is 3. The average Bonchev–Trinajstić information content (AvgIpc) is 3.30. The lowest BCUT2D eigenvalue weighted by molar-refractivity contribution is 1.29. The van der Waals surface area contributed by atoms with Crippen LogP contribution in [0.2, 0.25) is 0 Å². The molecule has 55 heavy (non-hydrogen) atoms. The molecule has 258 valence electrons. The van der Waals surface area contributed by atoms with Crippen LogP contribution in [-0.2, 0) is 0 Å². The van der Waals surface area contributed by atoms with Crippen LogP contribution in [0.4, 0.5) is 17.1 Å². The Bertz CT molecular complexity index is 3160. The molecule has 0 aliphatic rings. The lowest BCUT2D eigenvalue weighted by atomic mass is 9.89. The molecule has 10 aromatic carbocycles. The average molecular weight is 704 g/mol. The second-order valence-corrected chi connectivity index (χ2v) is 13.8. The number of hydrogen-bond acceptors (Lipinski definition) is 1. The van der Waals surface area contributed by atoms with Crippen molar-refractivity contribution in [2.75, 3.05) is 4.90 Å². The van der Waals surface area contributed by atoms with Crippen molar-refractivity contribution in [1.29, 1.82) is 0 Å². The summed E-state index contributed by atoms with van der Waals surface area (Å²) in [5, 5.41) is 6.67. The van der Waals surface area contributed by atoms with Gasteiger partial charge in [0.15, 0.2) is 0 Å². The molecule has 0 spiro atoms. The Morgan fingerprint density at radius 3 is 1.60 bits per heavy atom. The minimum Gasteiger partial charge on any atom is -0.310 e. The number of rotatable bonds is 7. The fourth-order valence-electron chi connectivity index (χ4n) is 7.80. The van der Waals surface area contributed by atoms with E-state index in [2.05, 4.69) is 103 Å². The Morgan fingerprint density at radius 2 is 0.836 bits per heavy atom. The first kappa shape index (κ1) is 28.3. The zero-order valence-electron chi connectivity index (χ0n) is 34.0. The molecule has 1 nitrogen and oxygen atoms in total. The van der Waals surface area contributed by atoms with Crippen molar-refractivity contribution >= 4 is 49.4 Å². The third kappa shape index (κ3) is 6.12. The molecule has 0 unspecified atom stereocenters. The van der Waals surface area contributed by atoms with E-state index < -0.39 is 0 Å². The summed E-state index contributed by atoms with van der Waals surface area (Å²) in [7, 11) is 0. The number of benzene rings is 10.